The zero-order chi connectivity index (χ0) is 21.0. The van der Waals surface area contributed by atoms with Gasteiger partial charge in [-0.3, -0.25) is 10.1 Å². The van der Waals surface area contributed by atoms with Crippen molar-refractivity contribution in [3.63, 3.8) is 0 Å². The standard InChI is InChI=1S/C18H14Cl2FN3O4S/c19-11-3-8-14(15(20)10-11)17-23-24-18(28-17)22-16(25)2-1-9-29(26,27)13-6-4-12(21)5-7-13/h3-8,10H,1-2,9H2,(H,22,24,25). The van der Waals surface area contributed by atoms with Crippen molar-refractivity contribution in [2.24, 2.45) is 0 Å². The van der Waals surface area contributed by atoms with E-state index >= 15 is 0 Å². The molecule has 0 aliphatic carbocycles. The number of carbonyl (C=O) groups excluding carboxylic acids is 1. The molecule has 0 radical (unpaired) electrons. The van der Waals surface area contributed by atoms with Crippen molar-refractivity contribution in [1.82, 2.24) is 10.2 Å². The van der Waals surface area contributed by atoms with Crippen molar-refractivity contribution >= 4 is 45.0 Å². The van der Waals surface area contributed by atoms with Crippen LogP contribution in [0.3, 0.4) is 0 Å². The molecule has 3 aromatic rings. The minimum absolute atomic E-state index is 0.000643. The molecule has 2 aromatic carbocycles. The predicted octanol–water partition coefficient (Wildman–Crippen LogP) is 4.38. The van der Waals surface area contributed by atoms with Crippen LogP contribution in [0.15, 0.2) is 51.8 Å². The lowest BCUT2D eigenvalue weighted by molar-refractivity contribution is -0.116. The molecule has 0 spiro atoms. The molecule has 0 aliphatic rings. The van der Waals surface area contributed by atoms with Crippen LogP contribution in [-0.4, -0.2) is 30.3 Å². The number of halogens is 3. The molecule has 0 atom stereocenters. The van der Waals surface area contributed by atoms with Crippen molar-refractivity contribution < 1.29 is 22.0 Å². The summed E-state index contributed by atoms with van der Waals surface area (Å²) >= 11 is 11.9. The molecule has 0 unspecified atom stereocenters. The average Bonchev–Trinajstić information content (AvgIpc) is 3.10. The molecular weight excluding hydrogens is 444 g/mol. The Labute approximate surface area is 175 Å². The Hall–Kier alpha value is -2.49. The van der Waals surface area contributed by atoms with Crippen LogP contribution in [0.2, 0.25) is 10.0 Å². The summed E-state index contributed by atoms with van der Waals surface area (Å²) in [6.45, 7) is 0. The molecule has 152 valence electrons. The SMILES string of the molecule is O=C(CCCS(=O)(=O)c1ccc(F)cc1)Nc1nnc(-c2ccc(Cl)cc2Cl)o1. The quantitative estimate of drug-likeness (QED) is 0.528. The molecule has 1 aromatic heterocycles. The normalized spacial score (nSPS) is 11.4. The van der Waals surface area contributed by atoms with E-state index in [0.717, 1.165) is 12.1 Å². The van der Waals surface area contributed by atoms with Crippen molar-refractivity contribution in [2.45, 2.75) is 17.7 Å². The van der Waals surface area contributed by atoms with E-state index < -0.39 is 21.6 Å². The lowest BCUT2D eigenvalue weighted by Gasteiger charge is -2.04. The third-order valence-corrected chi connectivity index (χ3v) is 6.19. The van der Waals surface area contributed by atoms with E-state index in [2.05, 4.69) is 15.5 Å². The summed E-state index contributed by atoms with van der Waals surface area (Å²) in [4.78, 5) is 12.0. The third-order valence-electron chi connectivity index (χ3n) is 3.82. The van der Waals surface area contributed by atoms with Crippen LogP contribution in [0.1, 0.15) is 12.8 Å². The third kappa shape index (κ3) is 5.53. The molecule has 1 amide bonds. The van der Waals surface area contributed by atoms with Crippen LogP contribution >= 0.6 is 23.2 Å². The Morgan fingerprint density at radius 1 is 1.10 bits per heavy atom. The van der Waals surface area contributed by atoms with Crippen LogP contribution < -0.4 is 5.32 Å². The molecule has 1 heterocycles. The first-order chi connectivity index (χ1) is 13.7. The lowest BCUT2D eigenvalue weighted by atomic mass is 10.2. The maximum Gasteiger partial charge on any atom is 0.322 e. The van der Waals surface area contributed by atoms with Gasteiger partial charge in [-0.2, -0.15) is 0 Å². The molecular formula is C18H14Cl2FN3O4S. The van der Waals surface area contributed by atoms with Gasteiger partial charge in [0, 0.05) is 11.4 Å². The minimum Gasteiger partial charge on any atom is -0.403 e. The van der Waals surface area contributed by atoms with E-state index in [-0.39, 0.29) is 35.4 Å². The number of sulfone groups is 1. The summed E-state index contributed by atoms with van der Waals surface area (Å²) in [6.07, 6.45) is -0.0185. The smallest absolute Gasteiger partial charge is 0.322 e. The Bertz CT molecular complexity index is 1130. The van der Waals surface area contributed by atoms with Gasteiger partial charge < -0.3 is 4.42 Å². The second-order valence-electron chi connectivity index (χ2n) is 5.96. The molecule has 0 aliphatic heterocycles. The van der Waals surface area contributed by atoms with Crippen LogP contribution in [-0.2, 0) is 14.6 Å². The Kier molecular flexibility index (Phi) is 6.51. The first kappa shape index (κ1) is 21.2. The zero-order valence-corrected chi connectivity index (χ0v) is 17.1. The summed E-state index contributed by atoms with van der Waals surface area (Å²) in [5.74, 6) is -1.18. The maximum absolute atomic E-state index is 12.9. The summed E-state index contributed by atoms with van der Waals surface area (Å²) in [7, 11) is -3.61. The first-order valence-electron chi connectivity index (χ1n) is 8.32. The van der Waals surface area contributed by atoms with Gasteiger partial charge in [0.2, 0.25) is 5.91 Å². The summed E-state index contributed by atoms with van der Waals surface area (Å²) in [5, 5.41) is 10.7. The van der Waals surface area contributed by atoms with Crippen molar-refractivity contribution in [3.8, 4) is 11.5 Å². The highest BCUT2D eigenvalue weighted by Crippen LogP contribution is 2.30. The lowest BCUT2D eigenvalue weighted by Crippen LogP contribution is -2.14. The largest absolute Gasteiger partial charge is 0.403 e. The molecule has 0 saturated heterocycles. The summed E-state index contributed by atoms with van der Waals surface area (Å²) < 4.78 is 42.6. The number of nitrogens with zero attached hydrogens (tertiary/aromatic N) is 2. The van der Waals surface area contributed by atoms with Gasteiger partial charge in [0.1, 0.15) is 5.82 Å². The van der Waals surface area contributed by atoms with Gasteiger partial charge in [-0.05, 0) is 48.9 Å². The molecule has 0 saturated carbocycles. The number of amides is 1. The topological polar surface area (TPSA) is 102 Å². The number of hydrogen-bond donors (Lipinski definition) is 1. The minimum atomic E-state index is -3.61. The van der Waals surface area contributed by atoms with Gasteiger partial charge in [-0.25, -0.2) is 12.8 Å². The highest BCUT2D eigenvalue weighted by molar-refractivity contribution is 7.91. The van der Waals surface area contributed by atoms with E-state index in [9.17, 15) is 17.6 Å². The van der Waals surface area contributed by atoms with E-state index in [1.165, 1.54) is 18.2 Å². The van der Waals surface area contributed by atoms with Crippen molar-refractivity contribution in [1.29, 1.82) is 0 Å². The fourth-order valence-corrected chi connectivity index (χ4v) is 4.21. The van der Waals surface area contributed by atoms with Crippen LogP contribution in [0.25, 0.3) is 11.5 Å². The van der Waals surface area contributed by atoms with Crippen LogP contribution in [0.4, 0.5) is 10.4 Å². The van der Waals surface area contributed by atoms with Crippen molar-refractivity contribution in [3.05, 3.63) is 58.3 Å². The predicted molar refractivity (Wildman–Crippen MR) is 106 cm³/mol. The Balaban J connectivity index is 1.55. The number of hydrogen-bond acceptors (Lipinski definition) is 6. The Morgan fingerprint density at radius 2 is 1.83 bits per heavy atom. The number of anilines is 1. The average molecular weight is 458 g/mol. The summed E-state index contributed by atoms with van der Waals surface area (Å²) in [6, 6.07) is 9.09. The van der Waals surface area contributed by atoms with Crippen LogP contribution in [0, 0.1) is 5.82 Å². The number of rotatable bonds is 7. The number of aromatic nitrogens is 2. The van der Waals surface area contributed by atoms with Gasteiger partial charge in [-0.1, -0.05) is 28.3 Å². The highest BCUT2D eigenvalue weighted by Gasteiger charge is 2.17. The molecule has 0 bridgehead atoms. The summed E-state index contributed by atoms with van der Waals surface area (Å²) in [5.41, 5.74) is 0.453. The monoisotopic (exact) mass is 457 g/mol. The molecule has 29 heavy (non-hydrogen) atoms. The fourth-order valence-electron chi connectivity index (χ4n) is 2.41. The fraction of sp³-hybridized carbons (Fsp3) is 0.167. The van der Waals surface area contributed by atoms with Gasteiger partial charge >= 0.3 is 6.01 Å². The Morgan fingerprint density at radius 3 is 2.52 bits per heavy atom. The second-order valence-corrected chi connectivity index (χ2v) is 8.91. The van der Waals surface area contributed by atoms with Gasteiger partial charge in [0.15, 0.2) is 9.84 Å². The van der Waals surface area contributed by atoms with E-state index in [1.54, 1.807) is 12.1 Å². The number of nitrogens with one attached hydrogen (secondary N) is 1. The molecule has 11 heteroatoms. The zero-order valence-electron chi connectivity index (χ0n) is 14.7. The van der Waals surface area contributed by atoms with Gasteiger partial charge in [-0.15, -0.1) is 5.10 Å². The second kappa shape index (κ2) is 8.89. The number of benzene rings is 2. The van der Waals surface area contributed by atoms with Gasteiger partial charge in [0.25, 0.3) is 5.89 Å². The first-order valence-corrected chi connectivity index (χ1v) is 10.7. The highest BCUT2D eigenvalue weighted by atomic mass is 35.5. The van der Waals surface area contributed by atoms with Crippen molar-refractivity contribution in [2.75, 3.05) is 11.1 Å². The molecule has 7 nitrogen and oxygen atoms in total. The van der Waals surface area contributed by atoms with E-state index in [0.29, 0.717) is 15.6 Å². The van der Waals surface area contributed by atoms with Crippen LogP contribution in [0.5, 0.6) is 0 Å². The molecule has 0 fully saturated rings. The van der Waals surface area contributed by atoms with E-state index in [4.69, 9.17) is 27.6 Å². The molecule has 1 N–H and O–H groups in total. The maximum atomic E-state index is 12.9. The van der Waals surface area contributed by atoms with Gasteiger partial charge in [0.05, 0.1) is 21.2 Å². The van der Waals surface area contributed by atoms with E-state index in [1.807, 2.05) is 0 Å². The molecule has 3 rings (SSSR count). The number of carbonyl (C=O) groups is 1.